The number of halogens is 2. The van der Waals surface area contributed by atoms with Gasteiger partial charge < -0.3 is 5.32 Å². The highest BCUT2D eigenvalue weighted by molar-refractivity contribution is 6.34. The highest BCUT2D eigenvalue weighted by Gasteiger charge is 2.15. The first-order valence-corrected chi connectivity index (χ1v) is 7.28. The van der Waals surface area contributed by atoms with E-state index in [1.807, 2.05) is 6.92 Å². The summed E-state index contributed by atoms with van der Waals surface area (Å²) in [7, 11) is 0. The van der Waals surface area contributed by atoms with Crippen LogP contribution in [0.25, 0.3) is 0 Å². The van der Waals surface area contributed by atoms with E-state index < -0.39 is 0 Å². The van der Waals surface area contributed by atoms with Crippen LogP contribution in [0.5, 0.6) is 0 Å². The van der Waals surface area contributed by atoms with Crippen LogP contribution in [0.4, 0.5) is 0 Å². The van der Waals surface area contributed by atoms with E-state index in [0.29, 0.717) is 10.9 Å². The predicted octanol–water partition coefficient (Wildman–Crippen LogP) is 4.33. The number of amides is 1. The van der Waals surface area contributed by atoms with Gasteiger partial charge in [-0.25, -0.2) is 4.98 Å². The lowest BCUT2D eigenvalue weighted by molar-refractivity contribution is 0.0933. The van der Waals surface area contributed by atoms with E-state index in [-0.39, 0.29) is 22.8 Å². The zero-order chi connectivity index (χ0) is 14.4. The van der Waals surface area contributed by atoms with Crippen LogP contribution < -0.4 is 5.32 Å². The normalized spacial score (nSPS) is 12.5. The highest BCUT2D eigenvalue weighted by Crippen LogP contribution is 2.17. The largest absolute Gasteiger partial charge is 0.348 e. The number of aromatic nitrogens is 1. The molecule has 1 amide bonds. The summed E-state index contributed by atoms with van der Waals surface area (Å²) in [6.45, 7) is 6.37. The van der Waals surface area contributed by atoms with E-state index in [4.69, 9.17) is 23.2 Å². The van der Waals surface area contributed by atoms with Gasteiger partial charge in [0, 0.05) is 6.04 Å². The Hall–Kier alpha value is -0.800. The maximum Gasteiger partial charge on any atom is 0.271 e. The van der Waals surface area contributed by atoms with E-state index in [0.717, 1.165) is 19.3 Å². The minimum absolute atomic E-state index is 0.100. The molecular formula is C14H20Cl2N2O. The number of hydrogen-bond acceptors (Lipinski definition) is 2. The molecule has 1 atom stereocenters. The van der Waals surface area contributed by atoms with Crippen LogP contribution >= 0.6 is 23.2 Å². The Labute approximate surface area is 124 Å². The Morgan fingerprint density at radius 2 is 1.95 bits per heavy atom. The number of carbonyl (C=O) groups is 1. The second kappa shape index (κ2) is 7.71. The summed E-state index contributed by atoms with van der Waals surface area (Å²) in [6, 6.07) is 3.24. The molecule has 1 N–H and O–H groups in total. The molecule has 1 aromatic rings. The fraction of sp³-hybridized carbons (Fsp3) is 0.571. The Morgan fingerprint density at radius 1 is 1.26 bits per heavy atom. The highest BCUT2D eigenvalue weighted by atomic mass is 35.5. The molecule has 1 aromatic heterocycles. The molecule has 0 radical (unpaired) electrons. The quantitative estimate of drug-likeness (QED) is 0.795. The first-order chi connectivity index (χ1) is 8.90. The number of pyridine rings is 1. The van der Waals surface area contributed by atoms with Crippen molar-refractivity contribution < 1.29 is 4.79 Å². The van der Waals surface area contributed by atoms with Crippen molar-refractivity contribution in [3.05, 3.63) is 28.0 Å². The van der Waals surface area contributed by atoms with Crippen molar-refractivity contribution in [2.75, 3.05) is 0 Å². The van der Waals surface area contributed by atoms with Gasteiger partial charge in [0.2, 0.25) is 0 Å². The smallest absolute Gasteiger partial charge is 0.271 e. The van der Waals surface area contributed by atoms with Crippen LogP contribution in [-0.2, 0) is 0 Å². The molecule has 19 heavy (non-hydrogen) atoms. The predicted molar refractivity (Wildman–Crippen MR) is 79.9 cm³/mol. The Kier molecular flexibility index (Phi) is 6.59. The molecule has 0 bridgehead atoms. The number of rotatable bonds is 6. The average Bonchev–Trinajstić information content (AvgIpc) is 2.31. The van der Waals surface area contributed by atoms with Crippen molar-refractivity contribution in [3.63, 3.8) is 0 Å². The third kappa shape index (κ3) is 5.79. The molecule has 1 unspecified atom stereocenters. The van der Waals surface area contributed by atoms with Gasteiger partial charge in [0.15, 0.2) is 0 Å². The molecule has 0 fully saturated rings. The van der Waals surface area contributed by atoms with Crippen molar-refractivity contribution >= 4 is 29.1 Å². The summed E-state index contributed by atoms with van der Waals surface area (Å²) in [5.74, 6) is 0.413. The molecule has 106 valence electrons. The van der Waals surface area contributed by atoms with Crippen LogP contribution in [0.2, 0.25) is 10.2 Å². The standard InChI is InChI=1S/C14H20Cl2N2O/c1-9(2)5-4-6-10(3)17-14(19)13-11(15)7-8-12(16)18-13/h7-10H,4-6H2,1-3H3,(H,17,19). The summed E-state index contributed by atoms with van der Waals surface area (Å²) < 4.78 is 0. The van der Waals surface area contributed by atoms with E-state index >= 15 is 0 Å². The molecule has 0 aliphatic carbocycles. The lowest BCUT2D eigenvalue weighted by Crippen LogP contribution is -2.33. The molecule has 0 aliphatic heterocycles. The zero-order valence-corrected chi connectivity index (χ0v) is 13.1. The monoisotopic (exact) mass is 302 g/mol. The number of hydrogen-bond donors (Lipinski definition) is 1. The van der Waals surface area contributed by atoms with E-state index in [1.54, 1.807) is 12.1 Å². The maximum absolute atomic E-state index is 12.0. The molecule has 0 spiro atoms. The summed E-state index contributed by atoms with van der Waals surface area (Å²) in [5, 5.41) is 3.48. The van der Waals surface area contributed by atoms with Gasteiger partial charge in [-0.15, -0.1) is 0 Å². The van der Waals surface area contributed by atoms with Gasteiger partial charge in [-0.05, 0) is 31.4 Å². The number of carbonyl (C=O) groups excluding carboxylic acids is 1. The summed E-state index contributed by atoms with van der Waals surface area (Å²) in [4.78, 5) is 16.0. The zero-order valence-electron chi connectivity index (χ0n) is 11.5. The molecule has 1 rings (SSSR count). The minimum Gasteiger partial charge on any atom is -0.348 e. The van der Waals surface area contributed by atoms with Crippen molar-refractivity contribution in [1.82, 2.24) is 10.3 Å². The fourth-order valence-electron chi connectivity index (χ4n) is 1.77. The molecule has 5 heteroatoms. The maximum atomic E-state index is 12.0. The lowest BCUT2D eigenvalue weighted by atomic mass is 10.0. The van der Waals surface area contributed by atoms with Crippen molar-refractivity contribution in [3.8, 4) is 0 Å². The molecule has 0 saturated carbocycles. The third-order valence-corrected chi connectivity index (χ3v) is 3.34. The first-order valence-electron chi connectivity index (χ1n) is 6.53. The molecule has 0 aromatic carbocycles. The second-order valence-corrected chi connectivity index (χ2v) is 5.96. The van der Waals surface area contributed by atoms with Crippen molar-refractivity contribution in [2.24, 2.45) is 5.92 Å². The number of nitrogens with one attached hydrogen (secondary N) is 1. The Bertz CT molecular complexity index is 435. The van der Waals surface area contributed by atoms with Crippen molar-refractivity contribution in [1.29, 1.82) is 0 Å². The summed E-state index contributed by atoms with van der Waals surface area (Å²) in [5.41, 5.74) is 0.185. The van der Waals surface area contributed by atoms with E-state index in [2.05, 4.69) is 24.1 Å². The van der Waals surface area contributed by atoms with Gasteiger partial charge >= 0.3 is 0 Å². The van der Waals surface area contributed by atoms with Crippen LogP contribution in [0, 0.1) is 5.92 Å². The summed E-state index contributed by atoms with van der Waals surface area (Å²) >= 11 is 11.7. The number of nitrogens with zero attached hydrogens (tertiary/aromatic N) is 1. The van der Waals surface area contributed by atoms with Gasteiger partial charge in [0.1, 0.15) is 10.8 Å². The van der Waals surface area contributed by atoms with Gasteiger partial charge in [0.25, 0.3) is 5.91 Å². The Morgan fingerprint density at radius 3 is 2.58 bits per heavy atom. The minimum atomic E-state index is -0.274. The van der Waals surface area contributed by atoms with Gasteiger partial charge in [0.05, 0.1) is 5.02 Å². The van der Waals surface area contributed by atoms with E-state index in [1.165, 1.54) is 0 Å². The SMILES string of the molecule is CC(C)CCCC(C)NC(=O)c1nc(Cl)ccc1Cl. The first kappa shape index (κ1) is 16.3. The van der Waals surface area contributed by atoms with Crippen LogP contribution in [0.3, 0.4) is 0 Å². The van der Waals surface area contributed by atoms with Gasteiger partial charge in [-0.2, -0.15) is 0 Å². The lowest BCUT2D eigenvalue weighted by Gasteiger charge is -2.14. The molecule has 0 saturated heterocycles. The van der Waals surface area contributed by atoms with Gasteiger partial charge in [-0.3, -0.25) is 4.79 Å². The van der Waals surface area contributed by atoms with Crippen molar-refractivity contribution in [2.45, 2.75) is 46.1 Å². The van der Waals surface area contributed by atoms with Crippen LogP contribution in [0.15, 0.2) is 12.1 Å². The van der Waals surface area contributed by atoms with Crippen LogP contribution in [0.1, 0.15) is 50.5 Å². The Balaban J connectivity index is 2.52. The molecule has 0 aliphatic rings. The van der Waals surface area contributed by atoms with E-state index in [9.17, 15) is 4.79 Å². The summed E-state index contributed by atoms with van der Waals surface area (Å²) in [6.07, 6.45) is 3.20. The second-order valence-electron chi connectivity index (χ2n) is 5.16. The topological polar surface area (TPSA) is 42.0 Å². The third-order valence-electron chi connectivity index (χ3n) is 2.82. The van der Waals surface area contributed by atoms with Crippen LogP contribution in [-0.4, -0.2) is 16.9 Å². The molecule has 3 nitrogen and oxygen atoms in total. The van der Waals surface area contributed by atoms with Gasteiger partial charge in [-0.1, -0.05) is 49.9 Å². The molecular weight excluding hydrogens is 283 g/mol. The fourth-order valence-corrected chi connectivity index (χ4v) is 2.11. The average molecular weight is 303 g/mol. The molecule has 1 heterocycles.